The van der Waals surface area contributed by atoms with Crippen molar-refractivity contribution in [2.24, 2.45) is 0 Å². The number of carboxylic acid groups (broad SMARTS) is 1. The van der Waals surface area contributed by atoms with E-state index in [4.69, 9.17) is 14.6 Å². The number of nitrogens with one attached hydrogen (secondary N) is 2. The highest BCUT2D eigenvalue weighted by molar-refractivity contribution is 5.95. The van der Waals surface area contributed by atoms with Crippen molar-refractivity contribution in [1.29, 1.82) is 0 Å². The zero-order valence-electron chi connectivity index (χ0n) is 25.8. The first kappa shape index (κ1) is 30.3. The zero-order valence-corrected chi connectivity index (χ0v) is 25.8. The Balaban J connectivity index is 0.000000175. The number of hydrogen-bond acceptors (Lipinski definition) is 8. The Hall–Kier alpha value is -5.12. The van der Waals surface area contributed by atoms with Crippen molar-refractivity contribution in [1.82, 2.24) is 14.9 Å². The molecule has 0 bridgehead atoms. The third-order valence-electron chi connectivity index (χ3n) is 7.07. The van der Waals surface area contributed by atoms with Crippen LogP contribution in [0.5, 0.6) is 11.5 Å². The summed E-state index contributed by atoms with van der Waals surface area (Å²) in [6, 6.07) is 21.8. The molecule has 2 aromatic carbocycles. The second kappa shape index (κ2) is 11.9. The number of carbonyl (C=O) groups excluding carboxylic acids is 1. The highest BCUT2D eigenvalue weighted by atomic mass is 16.5. The van der Waals surface area contributed by atoms with E-state index < -0.39 is 5.97 Å². The van der Waals surface area contributed by atoms with Crippen molar-refractivity contribution in [3.8, 4) is 34.0 Å². The number of hydrogen-bond donors (Lipinski definition) is 3. The Morgan fingerprint density at radius 2 is 1.18 bits per heavy atom. The molecule has 0 aliphatic carbocycles. The van der Waals surface area contributed by atoms with Crippen molar-refractivity contribution in [3.63, 3.8) is 0 Å². The molecule has 2 aliphatic heterocycles. The molecule has 0 saturated carbocycles. The van der Waals surface area contributed by atoms with Crippen LogP contribution >= 0.6 is 0 Å². The van der Waals surface area contributed by atoms with Crippen LogP contribution in [0.2, 0.25) is 0 Å². The van der Waals surface area contributed by atoms with Crippen molar-refractivity contribution in [2.75, 3.05) is 37.8 Å². The maximum Gasteiger partial charge on any atom is 0.335 e. The number of amides is 1. The number of pyridine rings is 2. The van der Waals surface area contributed by atoms with E-state index in [9.17, 15) is 9.59 Å². The zero-order chi connectivity index (χ0) is 31.6. The molecule has 4 heterocycles. The molecule has 3 N–H and O–H groups in total. The maximum atomic E-state index is 12.1. The fourth-order valence-electron chi connectivity index (χ4n) is 4.77. The van der Waals surface area contributed by atoms with E-state index in [0.717, 1.165) is 28.4 Å². The summed E-state index contributed by atoms with van der Waals surface area (Å²) in [4.78, 5) is 33.9. The van der Waals surface area contributed by atoms with Gasteiger partial charge in [0.05, 0.1) is 30.0 Å². The molecule has 10 heteroatoms. The van der Waals surface area contributed by atoms with E-state index in [1.165, 1.54) is 0 Å². The van der Waals surface area contributed by atoms with Crippen LogP contribution in [-0.2, 0) is 0 Å². The van der Waals surface area contributed by atoms with E-state index in [-0.39, 0.29) is 22.7 Å². The first-order chi connectivity index (χ1) is 20.8. The molecule has 228 valence electrons. The minimum absolute atomic E-state index is 0.0204. The average molecular weight is 596 g/mol. The molecular formula is C34H37N5O5. The van der Waals surface area contributed by atoms with Crippen LogP contribution in [0, 0.1) is 0 Å². The maximum absolute atomic E-state index is 12.1. The second-order valence-corrected chi connectivity index (χ2v) is 12.2. The number of anilines is 2. The lowest BCUT2D eigenvalue weighted by molar-refractivity contribution is 0.0696. The summed E-state index contributed by atoms with van der Waals surface area (Å²) < 4.78 is 11.8. The number of ether oxygens (including phenoxy) is 2. The lowest BCUT2D eigenvalue weighted by atomic mass is 10.1. The average Bonchev–Trinajstić information content (AvgIpc) is 2.99. The number of carbonyl (C=O) groups is 2. The van der Waals surface area contributed by atoms with Gasteiger partial charge in [0.25, 0.3) is 5.91 Å². The van der Waals surface area contributed by atoms with Gasteiger partial charge in [0, 0.05) is 30.8 Å². The van der Waals surface area contributed by atoms with Crippen molar-refractivity contribution < 1.29 is 24.2 Å². The number of benzene rings is 2. The molecule has 0 radical (unpaired) electrons. The van der Waals surface area contributed by atoms with Gasteiger partial charge in [-0.05, 0) is 76.2 Å². The number of aromatic carboxylic acids is 1. The Morgan fingerprint density at radius 3 is 1.64 bits per heavy atom. The summed E-state index contributed by atoms with van der Waals surface area (Å²) in [5.41, 5.74) is 3.60. The lowest BCUT2D eigenvalue weighted by Gasteiger charge is -2.32. The van der Waals surface area contributed by atoms with Gasteiger partial charge in [0.15, 0.2) is 23.1 Å². The molecule has 0 unspecified atom stereocenters. The van der Waals surface area contributed by atoms with Gasteiger partial charge in [0.1, 0.15) is 11.2 Å². The van der Waals surface area contributed by atoms with Crippen LogP contribution < -0.4 is 20.1 Å². The molecule has 0 atom stereocenters. The number of rotatable bonds is 4. The number of fused-ring (bicyclic) bond motifs is 2. The van der Waals surface area contributed by atoms with Gasteiger partial charge in [0.2, 0.25) is 0 Å². The summed E-state index contributed by atoms with van der Waals surface area (Å²) in [5.74, 6) is 1.93. The second-order valence-electron chi connectivity index (χ2n) is 12.2. The quantitative estimate of drug-likeness (QED) is 0.258. The van der Waals surface area contributed by atoms with E-state index >= 15 is 0 Å². The molecule has 0 fully saturated rings. The molecule has 10 nitrogen and oxygen atoms in total. The molecule has 6 rings (SSSR count). The van der Waals surface area contributed by atoms with E-state index in [0.29, 0.717) is 35.9 Å². The minimum atomic E-state index is -0.946. The first-order valence-electron chi connectivity index (χ1n) is 14.3. The Kier molecular flexibility index (Phi) is 8.19. The Morgan fingerprint density at radius 1 is 0.727 bits per heavy atom. The fraction of sp³-hybridized carbons (Fsp3) is 0.294. The fourth-order valence-corrected chi connectivity index (χ4v) is 4.77. The molecule has 44 heavy (non-hydrogen) atoms. The predicted octanol–water partition coefficient (Wildman–Crippen LogP) is 6.06. The summed E-state index contributed by atoms with van der Waals surface area (Å²) >= 11 is 0. The topological polar surface area (TPSA) is 126 Å². The van der Waals surface area contributed by atoms with Gasteiger partial charge in [-0.3, -0.25) is 4.79 Å². The molecule has 2 aliphatic rings. The van der Waals surface area contributed by atoms with Crippen LogP contribution in [0.25, 0.3) is 22.5 Å². The smallest absolute Gasteiger partial charge is 0.335 e. The largest absolute Gasteiger partial charge is 0.482 e. The van der Waals surface area contributed by atoms with Gasteiger partial charge in [-0.15, -0.1) is 0 Å². The number of aromatic nitrogens is 2. The Bertz CT molecular complexity index is 1720. The number of carboxylic acids is 1. The summed E-state index contributed by atoms with van der Waals surface area (Å²) in [6.07, 6.45) is 0. The highest BCUT2D eigenvalue weighted by Gasteiger charge is 2.28. The molecule has 2 aromatic heterocycles. The SMILES string of the molecule is CC1(C)CNc2nc(-c3cccc(C(=O)O)c3)ccc2O1.CN(C)C(=O)c1cccc(-c2ccc3c(n2)NCC(C)(C)O3)c1. The van der Waals surface area contributed by atoms with Crippen molar-refractivity contribution in [3.05, 3.63) is 83.9 Å². The van der Waals surface area contributed by atoms with Crippen LogP contribution in [-0.4, -0.2) is 70.2 Å². The molecule has 1 amide bonds. The van der Waals surface area contributed by atoms with Crippen molar-refractivity contribution in [2.45, 2.75) is 38.9 Å². The van der Waals surface area contributed by atoms with Crippen LogP contribution in [0.1, 0.15) is 48.4 Å². The molecule has 0 spiro atoms. The highest BCUT2D eigenvalue weighted by Crippen LogP contribution is 2.35. The van der Waals surface area contributed by atoms with Gasteiger partial charge >= 0.3 is 5.97 Å². The van der Waals surface area contributed by atoms with E-state index in [1.54, 1.807) is 37.2 Å². The summed E-state index contributed by atoms with van der Waals surface area (Å²) in [5, 5.41) is 15.6. The van der Waals surface area contributed by atoms with E-state index in [1.807, 2.05) is 82.3 Å². The summed E-state index contributed by atoms with van der Waals surface area (Å²) in [7, 11) is 3.49. The summed E-state index contributed by atoms with van der Waals surface area (Å²) in [6.45, 7) is 9.46. The minimum Gasteiger partial charge on any atom is -0.482 e. The molecule has 0 saturated heterocycles. The van der Waals surface area contributed by atoms with Gasteiger partial charge in [-0.25, -0.2) is 14.8 Å². The van der Waals surface area contributed by atoms with Gasteiger partial charge in [-0.2, -0.15) is 0 Å². The van der Waals surface area contributed by atoms with Crippen LogP contribution in [0.15, 0.2) is 72.8 Å². The normalized spacial score (nSPS) is 15.3. The molecule has 4 aromatic rings. The Labute approximate surface area is 257 Å². The van der Waals surface area contributed by atoms with Crippen molar-refractivity contribution >= 4 is 23.5 Å². The first-order valence-corrected chi connectivity index (χ1v) is 14.3. The third kappa shape index (κ3) is 6.91. The van der Waals surface area contributed by atoms with Crippen LogP contribution in [0.4, 0.5) is 11.6 Å². The monoisotopic (exact) mass is 595 g/mol. The predicted molar refractivity (Wildman–Crippen MR) is 171 cm³/mol. The van der Waals surface area contributed by atoms with E-state index in [2.05, 4.69) is 20.6 Å². The third-order valence-corrected chi connectivity index (χ3v) is 7.07. The lowest BCUT2D eigenvalue weighted by Crippen LogP contribution is -2.40. The number of nitrogens with zero attached hydrogens (tertiary/aromatic N) is 3. The van der Waals surface area contributed by atoms with Gasteiger partial charge in [-0.1, -0.05) is 24.3 Å². The standard InChI is InChI=1S/C18H21N3O2.C16H16N2O3/c1-18(2)11-19-16-15(23-18)9-8-14(20-16)12-6-5-7-13(10-12)17(22)21(3)4;1-16(2)9-17-14-13(21-16)7-6-12(18-14)10-4-3-5-11(8-10)15(19)20/h5-10H,11H2,1-4H3,(H,19,20);3-8H,9H2,1-2H3,(H,17,18)(H,19,20). The van der Waals surface area contributed by atoms with Gasteiger partial charge < -0.3 is 30.1 Å². The van der Waals surface area contributed by atoms with Crippen LogP contribution in [0.3, 0.4) is 0 Å². The molecular weight excluding hydrogens is 558 g/mol.